The van der Waals surface area contributed by atoms with Gasteiger partial charge in [-0.05, 0) is 0 Å². The molecule has 4 aromatic carbocycles. The third-order valence-electron chi connectivity index (χ3n) is 12.1. The van der Waals surface area contributed by atoms with Crippen LogP contribution in [-0.4, -0.2) is 4.21 Å². The van der Waals surface area contributed by atoms with E-state index >= 15 is 0 Å². The molecule has 2 aliphatic carbocycles. The van der Waals surface area contributed by atoms with Crippen molar-refractivity contribution in [2.45, 2.75) is 131 Å². The molecule has 0 atom stereocenters. The van der Waals surface area contributed by atoms with Crippen LogP contribution in [0.1, 0.15) is 134 Å². The molecule has 55 heavy (non-hydrogen) atoms. The maximum atomic E-state index is 14.8. The predicted molar refractivity (Wildman–Crippen MR) is 234 cm³/mol. The van der Waals surface area contributed by atoms with E-state index < -0.39 is 30.0 Å². The molecule has 0 bridgehead atoms. The van der Waals surface area contributed by atoms with Crippen LogP contribution in [0.3, 0.4) is 0 Å². The van der Waals surface area contributed by atoms with Gasteiger partial charge in [-0.2, -0.15) is 0 Å². The second kappa shape index (κ2) is 14.4. The molecule has 6 heteroatoms. The third kappa shape index (κ3) is 7.40. The van der Waals surface area contributed by atoms with Crippen LogP contribution in [0.25, 0.3) is 11.1 Å². The van der Waals surface area contributed by atoms with Crippen molar-refractivity contribution in [2.24, 2.45) is 0 Å². The van der Waals surface area contributed by atoms with Crippen molar-refractivity contribution in [1.29, 1.82) is 0 Å². The molecular weight excluding hydrogens is 808 g/mol. The second-order valence-electron chi connectivity index (χ2n) is 20.2. The van der Waals surface area contributed by atoms with Gasteiger partial charge in [0.15, 0.2) is 0 Å². The Kier molecular flexibility index (Phi) is 11.8. The quantitative estimate of drug-likeness (QED) is 0.169. The van der Waals surface area contributed by atoms with Crippen LogP contribution in [-0.2, 0) is 52.6 Å². The molecule has 2 aliphatic rings. The summed E-state index contributed by atoms with van der Waals surface area (Å²) in [5.41, 5.74) is 9.92. The number of hydrogen-bond donors (Lipinski definition) is 0. The Labute approximate surface area is 342 Å². The van der Waals surface area contributed by atoms with E-state index in [1.54, 1.807) is 6.07 Å². The molecule has 4 aromatic rings. The van der Waals surface area contributed by atoms with Crippen LogP contribution in [0.15, 0.2) is 88.2 Å². The van der Waals surface area contributed by atoms with Gasteiger partial charge in [-0.25, -0.2) is 0 Å². The molecule has 0 aliphatic heterocycles. The minimum absolute atomic E-state index is 0. The predicted octanol–water partition coefficient (Wildman–Crippen LogP) is 12.9. The van der Waals surface area contributed by atoms with Gasteiger partial charge in [0.1, 0.15) is 0 Å². The summed E-state index contributed by atoms with van der Waals surface area (Å²) in [5, 5.41) is 0. The molecular formula is C49H61Cl2F3Zr. The van der Waals surface area contributed by atoms with Gasteiger partial charge in [0.2, 0.25) is 0 Å². The van der Waals surface area contributed by atoms with Gasteiger partial charge in [0.25, 0.3) is 0 Å². The minimum atomic E-state index is -5.63. The number of aryl methyl sites for hydroxylation is 1. The summed E-state index contributed by atoms with van der Waals surface area (Å²) in [7, 11) is 0. The molecule has 296 valence electrons. The zero-order valence-corrected chi connectivity index (χ0v) is 39.2. The fourth-order valence-electron chi connectivity index (χ4n) is 9.40. The summed E-state index contributed by atoms with van der Waals surface area (Å²) in [6.45, 7) is 29.6. The molecule has 6 rings (SSSR count). The normalized spacial score (nSPS) is 14.9. The van der Waals surface area contributed by atoms with Crippen molar-refractivity contribution >= 4 is 38.8 Å². The summed E-state index contributed by atoms with van der Waals surface area (Å²) < 4.78 is 54.4. The topological polar surface area (TPSA) is 0 Å². The van der Waals surface area contributed by atoms with E-state index in [1.807, 2.05) is 6.07 Å². The number of alkyl halides is 3. The number of fused-ring (bicyclic) bond motifs is 3. The first-order chi connectivity index (χ1) is 24.2. The summed E-state index contributed by atoms with van der Waals surface area (Å²) in [5.74, 6) is 0. The van der Waals surface area contributed by atoms with Crippen molar-refractivity contribution in [1.82, 2.24) is 0 Å². The van der Waals surface area contributed by atoms with Gasteiger partial charge in [-0.3, -0.25) is 0 Å². The molecule has 0 saturated heterocycles. The number of allylic oxidation sites excluding steroid dienone is 4. The van der Waals surface area contributed by atoms with Crippen LogP contribution in [0.2, 0.25) is 0 Å². The molecule has 0 N–H and O–H groups in total. The van der Waals surface area contributed by atoms with Gasteiger partial charge >= 0.3 is 320 Å². The summed E-state index contributed by atoms with van der Waals surface area (Å²) in [6, 6.07) is 22.3. The molecule has 0 radical (unpaired) electrons. The Morgan fingerprint density at radius 3 is 1.65 bits per heavy atom. The molecule has 0 spiro atoms. The van der Waals surface area contributed by atoms with E-state index in [4.69, 9.17) is 4.21 Å². The average molecular weight is 869 g/mol. The molecule has 0 unspecified atom stereocenters. The maximum absolute atomic E-state index is 14.8. The average Bonchev–Trinajstić information content (AvgIpc) is 3.70. The fourth-order valence-corrected chi connectivity index (χ4v) is 26.1. The van der Waals surface area contributed by atoms with E-state index in [0.717, 1.165) is 12.1 Å². The molecule has 0 heterocycles. The van der Waals surface area contributed by atoms with Crippen LogP contribution in [0.5, 0.6) is 0 Å². The van der Waals surface area contributed by atoms with Gasteiger partial charge in [-0.1, -0.05) is 0 Å². The van der Waals surface area contributed by atoms with E-state index in [1.165, 1.54) is 63.2 Å². The second-order valence-corrected chi connectivity index (χ2v) is 33.0. The monoisotopic (exact) mass is 866 g/mol. The summed E-state index contributed by atoms with van der Waals surface area (Å²) in [6.07, 6.45) is 3.35. The zero-order chi connectivity index (χ0) is 39.3. The molecule has 0 nitrogen and oxygen atoms in total. The van der Waals surface area contributed by atoms with Crippen LogP contribution in [0, 0.1) is 6.92 Å². The Morgan fingerprint density at radius 1 is 0.618 bits per heavy atom. The van der Waals surface area contributed by atoms with Crippen LogP contribution < -0.4 is 9.81 Å². The van der Waals surface area contributed by atoms with Crippen LogP contribution >= 0.6 is 24.8 Å². The number of rotatable bonds is 4. The van der Waals surface area contributed by atoms with Crippen LogP contribution in [0.4, 0.5) is 13.2 Å². The molecule has 0 aromatic heterocycles. The summed E-state index contributed by atoms with van der Waals surface area (Å²) in [4.78, 5) is 0. The molecule has 0 fully saturated rings. The third-order valence-corrected chi connectivity index (χ3v) is 28.4. The van der Waals surface area contributed by atoms with E-state index in [2.05, 4.69) is 151 Å². The Hall–Kier alpha value is -2.52. The standard InChI is InChI=1S/C29H41.C7H4F3.C7H7.C5H5.CH2.2ClH.Zr/c1-26(2,3)22-14-18-13-19-15-23(27(4,5)6)25(29(10,11)12)17-21(19)20(18)16-24(22)28(7,8)9;8-7(9,10)6-4-2-1-3-5-6;1-7-5-3-2-4-6-7;1-2-4-5-3-1;;;;/h14,16-17H,13H2,1-12H3;1-2,4-5H;3-6H,1H3;1-3H,4H2;1H2;2*1H;. The van der Waals surface area contributed by atoms with Crippen molar-refractivity contribution in [2.75, 3.05) is 0 Å². The number of hydrogen-bond acceptors (Lipinski definition) is 0. The van der Waals surface area contributed by atoms with Gasteiger partial charge in [0, 0.05) is 0 Å². The number of benzene rings is 4. The SMILES string of the molecule is Cl.Cl.[CH2]=[Zr]([C]1=CC=CC1)([c]1ccc(C)cc1)([c]1cccc(C(F)(F)F)c1)[c]1c2c(cc(C(C)(C)C)c1C(C)(C)C)-c1cc(C(C)(C)C)c(C(C)(C)C)cc1C2. The Balaban J connectivity index is 0.00000336. The van der Waals surface area contributed by atoms with Crippen molar-refractivity contribution in [3.63, 3.8) is 0 Å². The van der Waals surface area contributed by atoms with Crippen molar-refractivity contribution in [3.8, 4) is 11.1 Å². The first kappa shape index (κ1) is 45.2. The van der Waals surface area contributed by atoms with E-state index in [-0.39, 0.29) is 46.5 Å². The van der Waals surface area contributed by atoms with E-state index in [9.17, 15) is 13.2 Å². The Bertz CT molecular complexity index is 2260. The Morgan fingerprint density at radius 2 is 1.16 bits per heavy atom. The fraction of sp³-hybridized carbons (Fsp3) is 0.408. The first-order valence-corrected chi connectivity index (χ1v) is 25.9. The van der Waals surface area contributed by atoms with Gasteiger partial charge < -0.3 is 0 Å². The zero-order valence-electron chi connectivity index (χ0n) is 35.2. The van der Waals surface area contributed by atoms with Crippen molar-refractivity contribution in [3.05, 3.63) is 133 Å². The van der Waals surface area contributed by atoms with Gasteiger partial charge in [0.05, 0.1) is 0 Å². The first-order valence-electron chi connectivity index (χ1n) is 19.2. The van der Waals surface area contributed by atoms with E-state index in [0.29, 0.717) is 12.8 Å². The summed E-state index contributed by atoms with van der Waals surface area (Å²) >= 11 is -5.63. The molecule has 0 saturated carbocycles. The number of halogens is 5. The van der Waals surface area contributed by atoms with Crippen molar-refractivity contribution < 1.29 is 31.5 Å². The van der Waals surface area contributed by atoms with Gasteiger partial charge in [-0.15, -0.1) is 24.8 Å². The molecule has 0 amide bonds.